The summed E-state index contributed by atoms with van der Waals surface area (Å²) < 4.78 is 37.8. The van der Waals surface area contributed by atoms with Crippen molar-refractivity contribution >= 4 is 11.9 Å². The van der Waals surface area contributed by atoms with Crippen molar-refractivity contribution in [3.8, 4) is 5.75 Å². The van der Waals surface area contributed by atoms with E-state index in [1.807, 2.05) is 0 Å². The van der Waals surface area contributed by atoms with Crippen LogP contribution in [0.5, 0.6) is 5.75 Å². The highest BCUT2D eigenvalue weighted by Crippen LogP contribution is 2.36. The molecule has 0 aliphatic carbocycles. The Hall–Kier alpha value is -2.30. The topological polar surface area (TPSA) is 32.6 Å². The smallest absolute Gasteiger partial charge is 0.419 e. The quantitative estimate of drug-likeness (QED) is 0.812. The number of phenols is 1. The second-order valence-electron chi connectivity index (χ2n) is 3.83. The summed E-state index contributed by atoms with van der Waals surface area (Å²) in [5, 5.41) is 9.59. The fourth-order valence-electron chi connectivity index (χ4n) is 1.55. The average molecular weight is 265 g/mol. The Morgan fingerprint density at radius 1 is 0.947 bits per heavy atom. The number of phenolic OH excluding ortho intramolecular Hbond substituents is 1. The molecule has 0 heterocycles. The lowest BCUT2D eigenvalue weighted by Gasteiger charge is -2.10. The molecule has 0 aliphatic heterocycles. The first-order valence-electron chi connectivity index (χ1n) is 5.47. The standard InChI is InChI=1S/C14H10F3NO/c15-14(16,17)12-8-4-5-10(13(12)19)9-18-11-6-2-1-3-7-11/h1-9,19H. The number of nitrogens with zero attached hydrogens (tertiary/aromatic N) is 1. The van der Waals surface area contributed by atoms with E-state index in [1.54, 1.807) is 30.3 Å². The summed E-state index contributed by atoms with van der Waals surface area (Å²) in [4.78, 5) is 4.01. The molecule has 2 rings (SSSR count). The van der Waals surface area contributed by atoms with Crippen LogP contribution in [-0.4, -0.2) is 11.3 Å². The molecule has 0 bridgehead atoms. The van der Waals surface area contributed by atoms with Gasteiger partial charge in [-0.3, -0.25) is 4.99 Å². The highest BCUT2D eigenvalue weighted by Gasteiger charge is 2.34. The van der Waals surface area contributed by atoms with Crippen molar-refractivity contribution in [1.82, 2.24) is 0 Å². The van der Waals surface area contributed by atoms with Gasteiger partial charge in [-0.2, -0.15) is 13.2 Å². The second kappa shape index (κ2) is 5.14. The molecule has 2 aromatic carbocycles. The predicted octanol–water partition coefficient (Wildman–Crippen LogP) is 4.16. The average Bonchev–Trinajstić information content (AvgIpc) is 2.37. The first-order chi connectivity index (χ1) is 8.98. The molecule has 98 valence electrons. The second-order valence-corrected chi connectivity index (χ2v) is 3.83. The lowest BCUT2D eigenvalue weighted by Crippen LogP contribution is -2.06. The van der Waals surface area contributed by atoms with Crippen molar-refractivity contribution in [2.75, 3.05) is 0 Å². The number of aliphatic imine (C=N–C) groups is 1. The molecule has 0 unspecified atom stereocenters. The minimum Gasteiger partial charge on any atom is -0.507 e. The molecule has 5 heteroatoms. The molecule has 0 aliphatic rings. The summed E-state index contributed by atoms with van der Waals surface area (Å²) in [6, 6.07) is 12.2. The van der Waals surface area contributed by atoms with Crippen LogP contribution in [0.15, 0.2) is 53.5 Å². The zero-order valence-electron chi connectivity index (χ0n) is 9.72. The van der Waals surface area contributed by atoms with Crippen LogP contribution in [0.25, 0.3) is 0 Å². The van der Waals surface area contributed by atoms with Crippen molar-refractivity contribution in [2.24, 2.45) is 4.99 Å². The van der Waals surface area contributed by atoms with Gasteiger partial charge in [0, 0.05) is 11.8 Å². The van der Waals surface area contributed by atoms with Gasteiger partial charge in [-0.25, -0.2) is 0 Å². The normalized spacial score (nSPS) is 11.9. The van der Waals surface area contributed by atoms with Crippen LogP contribution in [0.2, 0.25) is 0 Å². The van der Waals surface area contributed by atoms with Gasteiger partial charge in [0.2, 0.25) is 0 Å². The molecule has 0 radical (unpaired) electrons. The molecule has 0 spiro atoms. The summed E-state index contributed by atoms with van der Waals surface area (Å²) in [6.07, 6.45) is -3.37. The highest BCUT2D eigenvalue weighted by molar-refractivity contribution is 5.86. The third-order valence-electron chi connectivity index (χ3n) is 2.48. The monoisotopic (exact) mass is 265 g/mol. The van der Waals surface area contributed by atoms with Crippen molar-refractivity contribution in [1.29, 1.82) is 0 Å². The maximum absolute atomic E-state index is 12.6. The van der Waals surface area contributed by atoms with Crippen LogP contribution in [0.3, 0.4) is 0 Å². The van der Waals surface area contributed by atoms with E-state index >= 15 is 0 Å². The zero-order chi connectivity index (χ0) is 13.9. The number of benzene rings is 2. The number of hydrogen-bond acceptors (Lipinski definition) is 2. The van der Waals surface area contributed by atoms with Gasteiger partial charge < -0.3 is 5.11 Å². The summed E-state index contributed by atoms with van der Waals surface area (Å²) in [5.74, 6) is -0.810. The van der Waals surface area contributed by atoms with Gasteiger partial charge in [-0.15, -0.1) is 0 Å². The van der Waals surface area contributed by atoms with Crippen LogP contribution in [0, 0.1) is 0 Å². The third-order valence-corrected chi connectivity index (χ3v) is 2.48. The zero-order valence-corrected chi connectivity index (χ0v) is 9.72. The molecule has 1 N–H and O–H groups in total. The summed E-state index contributed by atoms with van der Waals surface area (Å²) in [6.45, 7) is 0. The first kappa shape index (κ1) is 13.1. The Balaban J connectivity index is 2.34. The van der Waals surface area contributed by atoms with Crippen molar-refractivity contribution in [3.05, 3.63) is 59.7 Å². The molecular formula is C14H10F3NO. The SMILES string of the molecule is Oc1c(C=Nc2ccccc2)cccc1C(F)(F)F. The van der Waals surface area contributed by atoms with Crippen LogP contribution in [-0.2, 0) is 6.18 Å². The number of aromatic hydroxyl groups is 1. The first-order valence-corrected chi connectivity index (χ1v) is 5.47. The van der Waals surface area contributed by atoms with Gasteiger partial charge in [0.05, 0.1) is 11.3 Å². The molecule has 0 saturated heterocycles. The highest BCUT2D eigenvalue weighted by atomic mass is 19.4. The maximum Gasteiger partial charge on any atom is 0.419 e. The maximum atomic E-state index is 12.6. The number of para-hydroxylation sites is 2. The number of hydrogen-bond donors (Lipinski definition) is 1. The van der Waals surface area contributed by atoms with Crippen LogP contribution in [0.4, 0.5) is 18.9 Å². The van der Waals surface area contributed by atoms with E-state index in [0.717, 1.165) is 6.07 Å². The van der Waals surface area contributed by atoms with Crippen molar-refractivity contribution in [2.45, 2.75) is 6.18 Å². The van der Waals surface area contributed by atoms with E-state index in [9.17, 15) is 18.3 Å². The van der Waals surface area contributed by atoms with Crippen LogP contribution in [0.1, 0.15) is 11.1 Å². The van der Waals surface area contributed by atoms with Crippen molar-refractivity contribution in [3.63, 3.8) is 0 Å². The van der Waals surface area contributed by atoms with Crippen molar-refractivity contribution < 1.29 is 18.3 Å². The van der Waals surface area contributed by atoms with E-state index in [4.69, 9.17) is 0 Å². The van der Waals surface area contributed by atoms with Gasteiger partial charge >= 0.3 is 6.18 Å². The lowest BCUT2D eigenvalue weighted by molar-refractivity contribution is -0.138. The molecule has 0 amide bonds. The van der Waals surface area contributed by atoms with E-state index in [-0.39, 0.29) is 5.56 Å². The number of rotatable bonds is 2. The predicted molar refractivity (Wildman–Crippen MR) is 66.8 cm³/mol. The van der Waals surface area contributed by atoms with Crippen LogP contribution >= 0.6 is 0 Å². The largest absolute Gasteiger partial charge is 0.507 e. The Morgan fingerprint density at radius 2 is 1.63 bits per heavy atom. The van der Waals surface area contributed by atoms with E-state index in [1.165, 1.54) is 18.3 Å². The van der Waals surface area contributed by atoms with Gasteiger partial charge in [-0.1, -0.05) is 24.3 Å². The molecular weight excluding hydrogens is 255 g/mol. The molecule has 2 nitrogen and oxygen atoms in total. The van der Waals surface area contributed by atoms with E-state index < -0.39 is 17.5 Å². The lowest BCUT2D eigenvalue weighted by atomic mass is 10.1. The van der Waals surface area contributed by atoms with E-state index in [2.05, 4.69) is 4.99 Å². The van der Waals surface area contributed by atoms with Gasteiger partial charge in [0.25, 0.3) is 0 Å². The Morgan fingerprint density at radius 3 is 2.26 bits per heavy atom. The minimum absolute atomic E-state index is 0.0266. The fraction of sp³-hybridized carbons (Fsp3) is 0.0714. The summed E-state index contributed by atoms with van der Waals surface area (Å²) in [5.41, 5.74) is -0.442. The fourth-order valence-corrected chi connectivity index (χ4v) is 1.55. The minimum atomic E-state index is -4.58. The molecule has 2 aromatic rings. The van der Waals surface area contributed by atoms with Gasteiger partial charge in [-0.05, 0) is 24.3 Å². The van der Waals surface area contributed by atoms with Gasteiger partial charge in [0.15, 0.2) is 0 Å². The van der Waals surface area contributed by atoms with Crippen LogP contribution < -0.4 is 0 Å². The van der Waals surface area contributed by atoms with Gasteiger partial charge in [0.1, 0.15) is 5.75 Å². The Kier molecular flexibility index (Phi) is 3.55. The third kappa shape index (κ3) is 3.13. The molecule has 0 fully saturated rings. The molecule has 0 saturated carbocycles. The molecule has 19 heavy (non-hydrogen) atoms. The summed E-state index contributed by atoms with van der Waals surface area (Å²) >= 11 is 0. The number of alkyl halides is 3. The molecule has 0 atom stereocenters. The Labute approximate surface area is 107 Å². The molecule has 0 aromatic heterocycles. The summed E-state index contributed by atoms with van der Waals surface area (Å²) in [7, 11) is 0. The Bertz CT molecular complexity index is 591. The number of halogens is 3. The van der Waals surface area contributed by atoms with E-state index in [0.29, 0.717) is 5.69 Å².